The van der Waals surface area contributed by atoms with Gasteiger partial charge in [0.15, 0.2) is 0 Å². The van der Waals surface area contributed by atoms with Gasteiger partial charge in [0.1, 0.15) is 17.4 Å². The predicted molar refractivity (Wildman–Crippen MR) is 82.4 cm³/mol. The van der Waals surface area contributed by atoms with Gasteiger partial charge in [0.25, 0.3) is 0 Å². The lowest BCUT2D eigenvalue weighted by atomic mass is 9.99. The summed E-state index contributed by atoms with van der Waals surface area (Å²) in [5, 5.41) is 0. The number of hydrogen-bond acceptors (Lipinski definition) is 2. The second-order valence-corrected chi connectivity index (χ2v) is 5.69. The van der Waals surface area contributed by atoms with Gasteiger partial charge in [-0.2, -0.15) is 0 Å². The molecular weight excluding hydrogens is 340 g/mol. The molecule has 2 rings (SSSR count). The summed E-state index contributed by atoms with van der Waals surface area (Å²) >= 11 is 3.40. The maximum atomic E-state index is 13.6. The minimum absolute atomic E-state index is 0.0394. The van der Waals surface area contributed by atoms with E-state index in [1.54, 1.807) is 7.11 Å². The molecule has 0 aliphatic heterocycles. The summed E-state index contributed by atoms with van der Waals surface area (Å²) in [5.41, 5.74) is 7.03. The molecular formula is C16H16BrF2NO. The monoisotopic (exact) mass is 355 g/mol. The third kappa shape index (κ3) is 4.02. The summed E-state index contributed by atoms with van der Waals surface area (Å²) in [4.78, 5) is 0. The minimum atomic E-state index is -0.554. The van der Waals surface area contributed by atoms with Crippen LogP contribution in [-0.4, -0.2) is 13.2 Å². The van der Waals surface area contributed by atoms with Gasteiger partial charge in [-0.1, -0.05) is 12.1 Å². The molecule has 2 aromatic carbocycles. The van der Waals surface area contributed by atoms with Gasteiger partial charge in [-0.15, -0.1) is 0 Å². The van der Waals surface area contributed by atoms with Crippen molar-refractivity contribution in [2.24, 2.45) is 5.73 Å². The largest absolute Gasteiger partial charge is 0.496 e. The quantitative estimate of drug-likeness (QED) is 0.883. The Labute approximate surface area is 131 Å². The molecule has 2 aromatic rings. The number of rotatable bonds is 5. The lowest BCUT2D eigenvalue weighted by molar-refractivity contribution is 0.412. The van der Waals surface area contributed by atoms with Gasteiger partial charge in [-0.25, -0.2) is 8.78 Å². The molecule has 0 saturated carbocycles. The van der Waals surface area contributed by atoms with Gasteiger partial charge in [0.05, 0.1) is 11.6 Å². The zero-order valence-corrected chi connectivity index (χ0v) is 13.2. The average Bonchev–Trinajstić information content (AvgIpc) is 2.43. The number of ether oxygens (including phenoxy) is 1. The van der Waals surface area contributed by atoms with Crippen LogP contribution >= 0.6 is 15.9 Å². The molecule has 0 heterocycles. The molecule has 0 aromatic heterocycles. The van der Waals surface area contributed by atoms with Crippen molar-refractivity contribution >= 4 is 15.9 Å². The van der Waals surface area contributed by atoms with Crippen molar-refractivity contribution in [3.8, 4) is 5.75 Å². The fourth-order valence-corrected chi connectivity index (χ4v) is 2.79. The normalized spacial score (nSPS) is 12.2. The SMILES string of the molecule is COc1ccc(CC(N)Cc2c(F)cccc2F)cc1Br. The van der Waals surface area contributed by atoms with E-state index < -0.39 is 11.6 Å². The lowest BCUT2D eigenvalue weighted by Gasteiger charge is -2.14. The summed E-state index contributed by atoms with van der Waals surface area (Å²) in [6, 6.07) is 9.09. The maximum absolute atomic E-state index is 13.6. The predicted octanol–water partition coefficient (Wildman–Crippen LogP) is 3.85. The van der Waals surface area contributed by atoms with Crippen molar-refractivity contribution in [2.75, 3.05) is 7.11 Å². The van der Waals surface area contributed by atoms with Crippen LogP contribution in [0.15, 0.2) is 40.9 Å². The van der Waals surface area contributed by atoms with Gasteiger partial charge in [0, 0.05) is 11.6 Å². The number of nitrogens with two attached hydrogens (primary N) is 1. The van der Waals surface area contributed by atoms with Gasteiger partial charge >= 0.3 is 0 Å². The molecule has 0 fully saturated rings. The standard InChI is InChI=1S/C16H16BrF2NO/c1-21-16-6-5-10(8-13(16)17)7-11(20)9-12-14(18)3-2-4-15(12)19/h2-6,8,11H,7,9,20H2,1H3. The topological polar surface area (TPSA) is 35.2 Å². The highest BCUT2D eigenvalue weighted by atomic mass is 79.9. The number of halogens is 3. The molecule has 5 heteroatoms. The molecule has 1 unspecified atom stereocenters. The van der Waals surface area contributed by atoms with E-state index in [0.717, 1.165) is 15.8 Å². The molecule has 21 heavy (non-hydrogen) atoms. The Hall–Kier alpha value is -1.46. The average molecular weight is 356 g/mol. The molecule has 0 spiro atoms. The Morgan fingerprint density at radius 3 is 2.38 bits per heavy atom. The molecule has 0 saturated heterocycles. The number of benzene rings is 2. The summed E-state index contributed by atoms with van der Waals surface area (Å²) in [5.74, 6) is -0.379. The molecule has 1 atom stereocenters. The van der Waals surface area contributed by atoms with Crippen LogP contribution < -0.4 is 10.5 Å². The lowest BCUT2D eigenvalue weighted by Crippen LogP contribution is -2.26. The highest BCUT2D eigenvalue weighted by Crippen LogP contribution is 2.26. The Morgan fingerprint density at radius 1 is 1.14 bits per heavy atom. The molecule has 0 aliphatic rings. The zero-order chi connectivity index (χ0) is 15.4. The van der Waals surface area contributed by atoms with Gasteiger partial charge in [-0.3, -0.25) is 0 Å². The molecule has 0 radical (unpaired) electrons. The van der Waals surface area contributed by atoms with Gasteiger partial charge in [0.2, 0.25) is 0 Å². The third-order valence-corrected chi connectivity index (χ3v) is 3.86. The first-order valence-corrected chi connectivity index (χ1v) is 7.31. The summed E-state index contributed by atoms with van der Waals surface area (Å²) in [6.07, 6.45) is 0.679. The van der Waals surface area contributed by atoms with Crippen molar-refractivity contribution < 1.29 is 13.5 Å². The number of methoxy groups -OCH3 is 1. The number of hydrogen-bond donors (Lipinski definition) is 1. The van der Waals surface area contributed by atoms with Crippen LogP contribution in [-0.2, 0) is 12.8 Å². The third-order valence-electron chi connectivity index (χ3n) is 3.24. The molecule has 112 valence electrons. The first kappa shape index (κ1) is 15.9. The first-order valence-electron chi connectivity index (χ1n) is 6.52. The molecule has 0 amide bonds. The Morgan fingerprint density at radius 2 is 1.81 bits per heavy atom. The summed E-state index contributed by atoms with van der Waals surface area (Å²) in [6.45, 7) is 0. The highest BCUT2D eigenvalue weighted by molar-refractivity contribution is 9.10. The van der Waals surface area contributed by atoms with Crippen molar-refractivity contribution in [3.05, 3.63) is 63.6 Å². The van der Waals surface area contributed by atoms with Crippen LogP contribution in [0.3, 0.4) is 0 Å². The van der Waals surface area contributed by atoms with E-state index in [9.17, 15) is 8.78 Å². The van der Waals surface area contributed by atoms with Crippen molar-refractivity contribution in [3.63, 3.8) is 0 Å². The van der Waals surface area contributed by atoms with E-state index >= 15 is 0 Å². The Kier molecular flexibility index (Phi) is 5.31. The molecule has 0 bridgehead atoms. The van der Waals surface area contributed by atoms with Crippen LogP contribution in [0.4, 0.5) is 8.78 Å². The van der Waals surface area contributed by atoms with Crippen LogP contribution in [0.1, 0.15) is 11.1 Å². The van der Waals surface area contributed by atoms with Crippen LogP contribution in [0.25, 0.3) is 0 Å². The van der Waals surface area contributed by atoms with Crippen molar-refractivity contribution in [1.82, 2.24) is 0 Å². The summed E-state index contributed by atoms with van der Waals surface area (Å²) < 4.78 is 33.2. The van der Waals surface area contributed by atoms with Crippen LogP contribution in [0, 0.1) is 11.6 Å². The van der Waals surface area contributed by atoms with E-state index in [-0.39, 0.29) is 18.0 Å². The minimum Gasteiger partial charge on any atom is -0.496 e. The Balaban J connectivity index is 2.08. The Bertz CT molecular complexity index is 613. The summed E-state index contributed by atoms with van der Waals surface area (Å²) in [7, 11) is 1.59. The van der Waals surface area contributed by atoms with E-state index in [1.165, 1.54) is 18.2 Å². The van der Waals surface area contributed by atoms with E-state index in [2.05, 4.69) is 15.9 Å². The molecule has 2 N–H and O–H groups in total. The van der Waals surface area contributed by atoms with E-state index in [1.807, 2.05) is 18.2 Å². The zero-order valence-electron chi connectivity index (χ0n) is 11.6. The second-order valence-electron chi connectivity index (χ2n) is 4.84. The fraction of sp³-hybridized carbons (Fsp3) is 0.250. The van der Waals surface area contributed by atoms with Crippen molar-refractivity contribution in [1.29, 1.82) is 0 Å². The molecule has 2 nitrogen and oxygen atoms in total. The van der Waals surface area contributed by atoms with E-state index in [4.69, 9.17) is 10.5 Å². The maximum Gasteiger partial charge on any atom is 0.133 e. The van der Waals surface area contributed by atoms with Gasteiger partial charge in [-0.05, 0) is 58.6 Å². The van der Waals surface area contributed by atoms with Crippen molar-refractivity contribution in [2.45, 2.75) is 18.9 Å². The van der Waals surface area contributed by atoms with Crippen LogP contribution in [0.2, 0.25) is 0 Å². The first-order chi connectivity index (χ1) is 10.0. The van der Waals surface area contributed by atoms with Gasteiger partial charge < -0.3 is 10.5 Å². The highest BCUT2D eigenvalue weighted by Gasteiger charge is 2.14. The van der Waals surface area contributed by atoms with E-state index in [0.29, 0.717) is 6.42 Å². The van der Waals surface area contributed by atoms with Crippen LogP contribution in [0.5, 0.6) is 5.75 Å². The second kappa shape index (κ2) is 7.00. The molecule has 0 aliphatic carbocycles. The fourth-order valence-electron chi connectivity index (χ4n) is 2.20. The smallest absolute Gasteiger partial charge is 0.133 e.